The van der Waals surface area contributed by atoms with E-state index in [1.165, 1.54) is 0 Å². The van der Waals surface area contributed by atoms with Gasteiger partial charge in [0.2, 0.25) is 11.8 Å². The summed E-state index contributed by atoms with van der Waals surface area (Å²) >= 11 is 0. The second kappa shape index (κ2) is 6.95. The van der Waals surface area contributed by atoms with Crippen LogP contribution in [-0.4, -0.2) is 43.4 Å². The van der Waals surface area contributed by atoms with Crippen LogP contribution in [0.25, 0.3) is 0 Å². The molecule has 2 aliphatic heterocycles. The lowest BCUT2D eigenvalue weighted by molar-refractivity contribution is -0.122. The molecule has 8 heteroatoms. The first-order chi connectivity index (χ1) is 11.8. The normalized spacial score (nSPS) is 23.4. The molecule has 1 unspecified atom stereocenters. The summed E-state index contributed by atoms with van der Waals surface area (Å²) in [6.07, 6.45) is 0.916. The van der Waals surface area contributed by atoms with E-state index in [1.807, 2.05) is 18.2 Å². The van der Waals surface area contributed by atoms with Crippen molar-refractivity contribution in [1.29, 1.82) is 0 Å². The molecular formula is C17H22F2N4O2. The summed E-state index contributed by atoms with van der Waals surface area (Å²) in [5.74, 6) is -3.65. The minimum atomic E-state index is -2.84. The van der Waals surface area contributed by atoms with E-state index >= 15 is 0 Å². The predicted molar refractivity (Wildman–Crippen MR) is 90.6 cm³/mol. The standard InChI is InChI=1S/C17H22F2N4O2/c18-17(19)9-14(21-10-17)16(25)22-12-2-1-3-13(8-12)23-6-4-11(5-7-23)15(20)24/h1-3,8,11,14,21H,4-7,9-10H2,(H2,20,24)(H,22,25). The van der Waals surface area contributed by atoms with Crippen LogP contribution in [-0.2, 0) is 9.59 Å². The highest BCUT2D eigenvalue weighted by atomic mass is 19.3. The number of hydrogen-bond donors (Lipinski definition) is 3. The van der Waals surface area contributed by atoms with Crippen LogP contribution in [0.2, 0.25) is 0 Å². The smallest absolute Gasteiger partial charge is 0.262 e. The summed E-state index contributed by atoms with van der Waals surface area (Å²) in [7, 11) is 0. The Hall–Kier alpha value is -2.22. The molecule has 25 heavy (non-hydrogen) atoms. The second-order valence-corrected chi connectivity index (χ2v) is 6.70. The second-order valence-electron chi connectivity index (χ2n) is 6.70. The molecule has 0 aromatic heterocycles. The van der Waals surface area contributed by atoms with E-state index in [9.17, 15) is 18.4 Å². The van der Waals surface area contributed by atoms with Gasteiger partial charge in [-0.25, -0.2) is 8.78 Å². The van der Waals surface area contributed by atoms with Crippen molar-refractivity contribution in [1.82, 2.24) is 5.32 Å². The largest absolute Gasteiger partial charge is 0.371 e. The van der Waals surface area contributed by atoms with E-state index in [0.29, 0.717) is 31.6 Å². The molecule has 0 aliphatic carbocycles. The average molecular weight is 352 g/mol. The van der Waals surface area contributed by atoms with E-state index < -0.39 is 30.8 Å². The van der Waals surface area contributed by atoms with Gasteiger partial charge in [-0.3, -0.25) is 14.9 Å². The minimum absolute atomic E-state index is 0.0887. The minimum Gasteiger partial charge on any atom is -0.371 e. The van der Waals surface area contributed by atoms with Crippen molar-refractivity contribution in [3.63, 3.8) is 0 Å². The summed E-state index contributed by atoms with van der Waals surface area (Å²) in [4.78, 5) is 25.5. The fourth-order valence-corrected chi connectivity index (χ4v) is 3.33. The van der Waals surface area contributed by atoms with Gasteiger partial charge in [-0.15, -0.1) is 0 Å². The van der Waals surface area contributed by atoms with Gasteiger partial charge in [-0.2, -0.15) is 0 Å². The Morgan fingerprint density at radius 2 is 2.00 bits per heavy atom. The van der Waals surface area contributed by atoms with Crippen molar-refractivity contribution in [2.45, 2.75) is 31.2 Å². The van der Waals surface area contributed by atoms with Crippen LogP contribution in [0.15, 0.2) is 24.3 Å². The van der Waals surface area contributed by atoms with E-state index in [1.54, 1.807) is 6.07 Å². The number of hydrogen-bond acceptors (Lipinski definition) is 4. The van der Waals surface area contributed by atoms with Gasteiger partial charge in [0.05, 0.1) is 12.6 Å². The van der Waals surface area contributed by atoms with Crippen molar-refractivity contribution in [2.75, 3.05) is 29.9 Å². The molecule has 0 radical (unpaired) electrons. The van der Waals surface area contributed by atoms with E-state index in [4.69, 9.17) is 5.73 Å². The molecule has 3 rings (SSSR count). The fourth-order valence-electron chi connectivity index (χ4n) is 3.33. The number of primary amides is 1. The van der Waals surface area contributed by atoms with E-state index in [2.05, 4.69) is 15.5 Å². The van der Waals surface area contributed by atoms with Crippen molar-refractivity contribution >= 4 is 23.2 Å². The van der Waals surface area contributed by atoms with E-state index in [0.717, 1.165) is 5.69 Å². The third-order valence-electron chi connectivity index (χ3n) is 4.80. The highest BCUT2D eigenvalue weighted by Gasteiger charge is 2.42. The number of carbonyl (C=O) groups is 2. The Bertz CT molecular complexity index is 660. The fraction of sp³-hybridized carbons (Fsp3) is 0.529. The SMILES string of the molecule is NC(=O)C1CCN(c2cccc(NC(=O)C3CC(F)(F)CN3)c2)CC1. The lowest BCUT2D eigenvalue weighted by Gasteiger charge is -2.32. The molecule has 136 valence electrons. The zero-order valence-electron chi connectivity index (χ0n) is 13.8. The van der Waals surface area contributed by atoms with Crippen molar-refractivity contribution in [3.05, 3.63) is 24.3 Å². The molecular weight excluding hydrogens is 330 g/mol. The number of amides is 2. The molecule has 0 spiro atoms. The molecule has 0 saturated carbocycles. The van der Waals surface area contributed by atoms with Gasteiger partial charge in [-0.05, 0) is 31.0 Å². The summed E-state index contributed by atoms with van der Waals surface area (Å²) in [6.45, 7) is 0.947. The van der Waals surface area contributed by atoms with Crippen LogP contribution < -0.4 is 21.3 Å². The third kappa shape index (κ3) is 4.25. The highest BCUT2D eigenvalue weighted by molar-refractivity contribution is 5.95. The van der Waals surface area contributed by atoms with Crippen molar-refractivity contribution < 1.29 is 18.4 Å². The number of benzene rings is 1. The van der Waals surface area contributed by atoms with Crippen LogP contribution >= 0.6 is 0 Å². The van der Waals surface area contributed by atoms with Crippen molar-refractivity contribution in [2.24, 2.45) is 11.7 Å². The molecule has 2 amide bonds. The number of nitrogens with two attached hydrogens (primary N) is 1. The number of rotatable bonds is 4. The first-order valence-electron chi connectivity index (χ1n) is 8.40. The lowest BCUT2D eigenvalue weighted by Crippen LogP contribution is -2.38. The topological polar surface area (TPSA) is 87.5 Å². The van der Waals surface area contributed by atoms with Crippen LogP contribution in [0, 0.1) is 5.92 Å². The maximum Gasteiger partial charge on any atom is 0.262 e. The Kier molecular flexibility index (Phi) is 4.89. The van der Waals surface area contributed by atoms with Crippen LogP contribution in [0.1, 0.15) is 19.3 Å². The quantitative estimate of drug-likeness (QED) is 0.763. The third-order valence-corrected chi connectivity index (χ3v) is 4.80. The molecule has 2 saturated heterocycles. The van der Waals surface area contributed by atoms with Crippen LogP contribution in [0.4, 0.5) is 20.2 Å². The van der Waals surface area contributed by atoms with Gasteiger partial charge in [0.25, 0.3) is 5.92 Å². The predicted octanol–water partition coefficient (Wildman–Crippen LogP) is 1.32. The number of halogens is 2. The molecule has 1 atom stereocenters. The average Bonchev–Trinajstić information content (AvgIpc) is 2.95. The number of alkyl halides is 2. The monoisotopic (exact) mass is 352 g/mol. The first-order valence-corrected chi connectivity index (χ1v) is 8.40. The van der Waals surface area contributed by atoms with Crippen molar-refractivity contribution in [3.8, 4) is 0 Å². The molecule has 2 aliphatic rings. The molecule has 1 aromatic carbocycles. The Labute approximate surface area is 144 Å². The number of nitrogens with one attached hydrogen (secondary N) is 2. The van der Waals surface area contributed by atoms with Gasteiger partial charge >= 0.3 is 0 Å². The summed E-state index contributed by atoms with van der Waals surface area (Å²) in [5, 5.41) is 5.24. The highest BCUT2D eigenvalue weighted by Crippen LogP contribution is 2.27. The van der Waals surface area contributed by atoms with Crippen LogP contribution in [0.5, 0.6) is 0 Å². The lowest BCUT2D eigenvalue weighted by atomic mass is 9.96. The molecule has 2 fully saturated rings. The first kappa shape index (κ1) is 17.6. The zero-order chi connectivity index (χ0) is 18.0. The summed E-state index contributed by atoms with van der Waals surface area (Å²) in [6, 6.07) is 6.38. The number of piperidine rings is 1. The zero-order valence-corrected chi connectivity index (χ0v) is 13.8. The number of carbonyl (C=O) groups excluding carboxylic acids is 2. The molecule has 4 N–H and O–H groups in total. The Morgan fingerprint density at radius 3 is 2.60 bits per heavy atom. The molecule has 1 aromatic rings. The summed E-state index contributed by atoms with van der Waals surface area (Å²) < 4.78 is 26.4. The van der Waals surface area contributed by atoms with Gasteiger partial charge < -0.3 is 16.0 Å². The molecule has 0 bridgehead atoms. The Morgan fingerprint density at radius 1 is 1.28 bits per heavy atom. The van der Waals surface area contributed by atoms with Crippen LogP contribution in [0.3, 0.4) is 0 Å². The Balaban J connectivity index is 1.60. The molecule has 2 heterocycles. The van der Waals surface area contributed by atoms with Gasteiger partial charge in [0.15, 0.2) is 0 Å². The summed E-state index contributed by atoms with van der Waals surface area (Å²) in [5.41, 5.74) is 6.83. The number of anilines is 2. The maximum atomic E-state index is 13.2. The van der Waals surface area contributed by atoms with Gasteiger partial charge in [0, 0.05) is 36.8 Å². The number of nitrogens with zero attached hydrogens (tertiary/aromatic N) is 1. The maximum absolute atomic E-state index is 13.2. The van der Waals surface area contributed by atoms with E-state index in [-0.39, 0.29) is 11.8 Å². The van der Waals surface area contributed by atoms with Gasteiger partial charge in [0.1, 0.15) is 0 Å². The van der Waals surface area contributed by atoms with Gasteiger partial charge in [-0.1, -0.05) is 6.07 Å². The molecule has 6 nitrogen and oxygen atoms in total.